The maximum Gasteiger partial charge on any atom is 0.303 e. The molecule has 1 aromatic carbocycles. The highest BCUT2D eigenvalue weighted by Gasteiger charge is 2.10. The van der Waals surface area contributed by atoms with Gasteiger partial charge in [0.1, 0.15) is 0 Å². The summed E-state index contributed by atoms with van der Waals surface area (Å²) < 4.78 is 0.873. The Morgan fingerprint density at radius 2 is 2.10 bits per heavy atom. The fourth-order valence-electron chi connectivity index (χ4n) is 2.00. The lowest BCUT2D eigenvalue weighted by Gasteiger charge is -2.14. The van der Waals surface area contributed by atoms with E-state index >= 15 is 0 Å². The summed E-state index contributed by atoms with van der Waals surface area (Å²) in [5, 5.41) is 11.5. The summed E-state index contributed by atoms with van der Waals surface area (Å²) in [6.07, 6.45) is 2.60. The standard InChI is InChI=1S/C15H20BrNO3/c1-2-11(6-7-14(18)19)8-9-17-15(20)12-4-3-5-13(16)10-12/h3-5,10-11H,2,6-9H2,1H3,(H,17,20)(H,18,19). The van der Waals surface area contributed by atoms with Crippen LogP contribution in [0, 0.1) is 5.92 Å². The van der Waals surface area contributed by atoms with Gasteiger partial charge in [-0.1, -0.05) is 35.3 Å². The third kappa shape index (κ3) is 6.19. The van der Waals surface area contributed by atoms with Crippen LogP contribution < -0.4 is 5.32 Å². The van der Waals surface area contributed by atoms with Crippen molar-refractivity contribution in [2.75, 3.05) is 6.54 Å². The molecule has 20 heavy (non-hydrogen) atoms. The van der Waals surface area contributed by atoms with E-state index in [1.54, 1.807) is 12.1 Å². The molecule has 0 aromatic heterocycles. The second-order valence-corrected chi connectivity index (χ2v) is 5.68. The lowest BCUT2D eigenvalue weighted by atomic mass is 9.96. The Hall–Kier alpha value is -1.36. The molecule has 0 heterocycles. The molecular formula is C15H20BrNO3. The number of carboxylic acid groups (broad SMARTS) is 1. The van der Waals surface area contributed by atoms with Gasteiger partial charge in [0.15, 0.2) is 0 Å². The van der Waals surface area contributed by atoms with Gasteiger partial charge in [-0.3, -0.25) is 9.59 Å². The summed E-state index contributed by atoms with van der Waals surface area (Å²) in [4.78, 5) is 22.5. The van der Waals surface area contributed by atoms with Crippen LogP contribution in [0.5, 0.6) is 0 Å². The van der Waals surface area contributed by atoms with Crippen molar-refractivity contribution in [1.82, 2.24) is 5.32 Å². The van der Waals surface area contributed by atoms with Gasteiger partial charge in [0.2, 0.25) is 0 Å². The maximum absolute atomic E-state index is 11.9. The smallest absolute Gasteiger partial charge is 0.303 e. The normalized spacial score (nSPS) is 11.9. The molecule has 0 bridgehead atoms. The molecule has 110 valence electrons. The third-order valence-electron chi connectivity index (χ3n) is 3.27. The highest BCUT2D eigenvalue weighted by molar-refractivity contribution is 9.10. The van der Waals surface area contributed by atoms with E-state index in [9.17, 15) is 9.59 Å². The molecule has 0 aliphatic rings. The molecule has 1 aromatic rings. The average molecular weight is 342 g/mol. The second kappa shape index (κ2) is 8.74. The first-order chi connectivity index (χ1) is 9.52. The molecule has 5 heteroatoms. The van der Waals surface area contributed by atoms with Gasteiger partial charge in [-0.05, 0) is 37.0 Å². The van der Waals surface area contributed by atoms with Crippen LogP contribution in [-0.4, -0.2) is 23.5 Å². The largest absolute Gasteiger partial charge is 0.481 e. The lowest BCUT2D eigenvalue weighted by molar-refractivity contribution is -0.137. The van der Waals surface area contributed by atoms with Gasteiger partial charge >= 0.3 is 5.97 Å². The van der Waals surface area contributed by atoms with Crippen LogP contribution in [0.2, 0.25) is 0 Å². The number of hydrogen-bond acceptors (Lipinski definition) is 2. The number of carbonyl (C=O) groups is 2. The van der Waals surface area contributed by atoms with Crippen LogP contribution in [0.3, 0.4) is 0 Å². The first kappa shape index (κ1) is 16.7. The number of amides is 1. The number of aliphatic carboxylic acids is 1. The Bertz CT molecular complexity index is 462. The number of nitrogens with one attached hydrogen (secondary N) is 1. The Balaban J connectivity index is 2.35. The zero-order valence-electron chi connectivity index (χ0n) is 11.6. The van der Waals surface area contributed by atoms with E-state index in [4.69, 9.17) is 5.11 Å². The molecule has 1 atom stereocenters. The summed E-state index contributed by atoms with van der Waals surface area (Å²) in [7, 11) is 0. The van der Waals surface area contributed by atoms with Crippen molar-refractivity contribution in [2.24, 2.45) is 5.92 Å². The summed E-state index contributed by atoms with van der Waals surface area (Å²) >= 11 is 3.33. The van der Waals surface area contributed by atoms with E-state index in [0.29, 0.717) is 24.4 Å². The van der Waals surface area contributed by atoms with Gasteiger partial charge < -0.3 is 10.4 Å². The van der Waals surface area contributed by atoms with E-state index in [-0.39, 0.29) is 12.3 Å². The van der Waals surface area contributed by atoms with Crippen molar-refractivity contribution in [1.29, 1.82) is 0 Å². The molecule has 0 aliphatic heterocycles. The van der Waals surface area contributed by atoms with Gasteiger partial charge in [-0.2, -0.15) is 0 Å². The highest BCUT2D eigenvalue weighted by Crippen LogP contribution is 2.15. The molecular weight excluding hydrogens is 322 g/mol. The van der Waals surface area contributed by atoms with Crippen molar-refractivity contribution in [3.05, 3.63) is 34.3 Å². The van der Waals surface area contributed by atoms with Crippen molar-refractivity contribution >= 4 is 27.8 Å². The molecule has 0 fully saturated rings. The van der Waals surface area contributed by atoms with Gasteiger partial charge in [-0.25, -0.2) is 0 Å². The monoisotopic (exact) mass is 341 g/mol. The van der Waals surface area contributed by atoms with Gasteiger partial charge in [0, 0.05) is 23.0 Å². The molecule has 2 N–H and O–H groups in total. The Labute approximate surface area is 127 Å². The summed E-state index contributed by atoms with van der Waals surface area (Å²) in [5.74, 6) is -0.519. The van der Waals surface area contributed by atoms with Crippen molar-refractivity contribution in [2.45, 2.75) is 32.6 Å². The number of rotatable bonds is 8. The molecule has 0 aliphatic carbocycles. The van der Waals surface area contributed by atoms with Crippen LogP contribution in [0.1, 0.15) is 43.0 Å². The van der Waals surface area contributed by atoms with Crippen LogP contribution in [0.25, 0.3) is 0 Å². The molecule has 4 nitrogen and oxygen atoms in total. The van der Waals surface area contributed by atoms with Crippen molar-refractivity contribution in [3.63, 3.8) is 0 Å². The molecule has 0 spiro atoms. The fourth-order valence-corrected chi connectivity index (χ4v) is 2.40. The minimum absolute atomic E-state index is 0.0978. The van der Waals surface area contributed by atoms with E-state index in [2.05, 4.69) is 21.2 Å². The average Bonchev–Trinajstić information content (AvgIpc) is 2.42. The molecule has 0 saturated carbocycles. The van der Waals surface area contributed by atoms with Crippen LogP contribution in [-0.2, 0) is 4.79 Å². The number of carboxylic acids is 1. The zero-order chi connectivity index (χ0) is 15.0. The van der Waals surface area contributed by atoms with E-state index in [0.717, 1.165) is 17.3 Å². The third-order valence-corrected chi connectivity index (χ3v) is 3.76. The van der Waals surface area contributed by atoms with E-state index in [1.165, 1.54) is 0 Å². The first-order valence-corrected chi connectivity index (χ1v) is 7.57. The van der Waals surface area contributed by atoms with Crippen molar-refractivity contribution < 1.29 is 14.7 Å². The minimum Gasteiger partial charge on any atom is -0.481 e. The predicted molar refractivity (Wildman–Crippen MR) is 81.7 cm³/mol. The Kier molecular flexibility index (Phi) is 7.30. The molecule has 0 saturated heterocycles. The first-order valence-electron chi connectivity index (χ1n) is 6.78. The highest BCUT2D eigenvalue weighted by atomic mass is 79.9. The molecule has 0 radical (unpaired) electrons. The number of halogens is 1. The zero-order valence-corrected chi connectivity index (χ0v) is 13.1. The van der Waals surface area contributed by atoms with E-state index < -0.39 is 5.97 Å². The summed E-state index contributed by atoms with van der Waals surface area (Å²) in [5.41, 5.74) is 0.623. The van der Waals surface area contributed by atoms with E-state index in [1.807, 2.05) is 19.1 Å². The van der Waals surface area contributed by atoms with Gasteiger partial charge in [0.25, 0.3) is 5.91 Å². The maximum atomic E-state index is 11.9. The van der Waals surface area contributed by atoms with Gasteiger partial charge in [-0.15, -0.1) is 0 Å². The van der Waals surface area contributed by atoms with Crippen LogP contribution >= 0.6 is 15.9 Å². The summed E-state index contributed by atoms with van der Waals surface area (Å²) in [6, 6.07) is 7.23. The van der Waals surface area contributed by atoms with Crippen LogP contribution in [0.4, 0.5) is 0 Å². The Morgan fingerprint density at radius 3 is 2.70 bits per heavy atom. The lowest BCUT2D eigenvalue weighted by Crippen LogP contribution is -2.26. The van der Waals surface area contributed by atoms with Crippen molar-refractivity contribution in [3.8, 4) is 0 Å². The molecule has 1 amide bonds. The number of carbonyl (C=O) groups excluding carboxylic acids is 1. The quantitative estimate of drug-likeness (QED) is 0.760. The second-order valence-electron chi connectivity index (χ2n) is 4.76. The molecule has 1 unspecified atom stereocenters. The van der Waals surface area contributed by atoms with Gasteiger partial charge in [0.05, 0.1) is 0 Å². The van der Waals surface area contributed by atoms with Crippen LogP contribution in [0.15, 0.2) is 28.7 Å². The minimum atomic E-state index is -0.762. The molecule has 1 rings (SSSR count). The number of hydrogen-bond donors (Lipinski definition) is 2. The fraction of sp³-hybridized carbons (Fsp3) is 0.467. The predicted octanol–water partition coefficient (Wildman–Crippen LogP) is 3.46. The topological polar surface area (TPSA) is 66.4 Å². The SMILES string of the molecule is CCC(CCNC(=O)c1cccc(Br)c1)CCC(=O)O. The Morgan fingerprint density at radius 1 is 1.35 bits per heavy atom. The summed E-state index contributed by atoms with van der Waals surface area (Å²) in [6.45, 7) is 2.62. The number of benzene rings is 1.